The van der Waals surface area contributed by atoms with Gasteiger partial charge in [-0.15, -0.1) is 0 Å². The monoisotopic (exact) mass is 450 g/mol. The van der Waals surface area contributed by atoms with E-state index in [-0.39, 0.29) is 34.4 Å². The first kappa shape index (κ1) is 21.2. The highest BCUT2D eigenvalue weighted by Gasteiger charge is 2.37. The summed E-state index contributed by atoms with van der Waals surface area (Å²) in [6.45, 7) is 0.931. The molecule has 2 aliphatic heterocycles. The van der Waals surface area contributed by atoms with Crippen LogP contribution in [0.25, 0.3) is 17.4 Å². The Morgan fingerprint density at radius 3 is 2.58 bits per heavy atom. The minimum Gasteiger partial charge on any atom is -0.457 e. The predicted octanol–water partition coefficient (Wildman–Crippen LogP) is 4.62. The Kier molecular flexibility index (Phi) is 5.65. The predicted molar refractivity (Wildman–Crippen MR) is 108 cm³/mol. The molecule has 0 bridgehead atoms. The molecule has 1 aromatic carbocycles. The van der Waals surface area contributed by atoms with Crippen LogP contribution in [0.4, 0.5) is 18.0 Å². The molecule has 31 heavy (non-hydrogen) atoms. The Labute approximate surface area is 179 Å². The SMILES string of the molecule is O=C(CN1C(=O)S/C(=C/c2ccc(-c3cccc(C(F)(F)F)c3)o2)C1=O)N1CCCC1. The zero-order valence-corrected chi connectivity index (χ0v) is 17.0. The van der Waals surface area contributed by atoms with Crippen molar-refractivity contribution in [1.29, 1.82) is 0 Å². The number of hydrogen-bond donors (Lipinski definition) is 0. The lowest BCUT2D eigenvalue weighted by atomic mass is 10.1. The van der Waals surface area contributed by atoms with Crippen LogP contribution in [0.15, 0.2) is 45.7 Å². The molecule has 0 atom stereocenters. The maximum atomic E-state index is 12.9. The van der Waals surface area contributed by atoms with Crippen molar-refractivity contribution in [2.45, 2.75) is 19.0 Å². The number of nitrogens with zero attached hydrogens (tertiary/aromatic N) is 2. The highest BCUT2D eigenvalue weighted by atomic mass is 32.2. The van der Waals surface area contributed by atoms with E-state index in [1.165, 1.54) is 30.3 Å². The standard InChI is InChI=1S/C21H17F3N2O4S/c22-21(23,24)14-5-3-4-13(10-14)16-7-6-15(30-16)11-17-19(28)26(20(29)31-17)12-18(27)25-8-1-2-9-25/h3-7,10-11H,1-2,8-9,12H2/b17-11+. The maximum absolute atomic E-state index is 12.9. The molecule has 0 unspecified atom stereocenters. The second-order valence-electron chi connectivity index (χ2n) is 7.14. The van der Waals surface area contributed by atoms with Gasteiger partial charge in [0, 0.05) is 24.7 Å². The van der Waals surface area contributed by atoms with E-state index in [0.717, 1.165) is 29.9 Å². The van der Waals surface area contributed by atoms with Crippen LogP contribution in [-0.4, -0.2) is 46.5 Å². The number of alkyl halides is 3. The molecule has 2 aliphatic rings. The van der Waals surface area contributed by atoms with Crippen LogP contribution in [0.2, 0.25) is 0 Å². The summed E-state index contributed by atoms with van der Waals surface area (Å²) in [5.74, 6) is -0.463. The molecule has 10 heteroatoms. The number of likely N-dealkylation sites (tertiary alicyclic amines) is 1. The van der Waals surface area contributed by atoms with Crippen molar-refractivity contribution in [3.8, 4) is 11.3 Å². The smallest absolute Gasteiger partial charge is 0.416 e. The molecule has 0 radical (unpaired) electrons. The van der Waals surface area contributed by atoms with Crippen molar-refractivity contribution in [3.63, 3.8) is 0 Å². The molecular formula is C21H17F3N2O4S. The van der Waals surface area contributed by atoms with Gasteiger partial charge in [0.1, 0.15) is 18.1 Å². The third-order valence-corrected chi connectivity index (χ3v) is 5.91. The number of carbonyl (C=O) groups is 3. The van der Waals surface area contributed by atoms with Crippen LogP contribution in [0, 0.1) is 0 Å². The largest absolute Gasteiger partial charge is 0.457 e. The maximum Gasteiger partial charge on any atom is 0.416 e. The van der Waals surface area contributed by atoms with E-state index in [1.54, 1.807) is 4.90 Å². The van der Waals surface area contributed by atoms with Crippen LogP contribution in [-0.2, 0) is 15.8 Å². The van der Waals surface area contributed by atoms with Gasteiger partial charge in [-0.05, 0) is 48.9 Å². The lowest BCUT2D eigenvalue weighted by Gasteiger charge is -2.18. The third-order valence-electron chi connectivity index (χ3n) is 5.00. The van der Waals surface area contributed by atoms with Crippen LogP contribution < -0.4 is 0 Å². The Morgan fingerprint density at radius 1 is 1.13 bits per heavy atom. The summed E-state index contributed by atoms with van der Waals surface area (Å²) in [5.41, 5.74) is -0.564. The molecule has 1 aromatic heterocycles. The first-order valence-electron chi connectivity index (χ1n) is 9.53. The Morgan fingerprint density at radius 2 is 1.87 bits per heavy atom. The Balaban J connectivity index is 1.50. The minimum absolute atomic E-state index is 0.0872. The molecule has 0 N–H and O–H groups in total. The van der Waals surface area contributed by atoms with Crippen molar-refractivity contribution in [1.82, 2.24) is 9.80 Å². The van der Waals surface area contributed by atoms with Crippen molar-refractivity contribution < 1.29 is 32.0 Å². The number of amides is 3. The molecule has 0 aliphatic carbocycles. The fraction of sp³-hybridized carbons (Fsp3) is 0.286. The number of thioether (sulfide) groups is 1. The van der Waals surface area contributed by atoms with E-state index in [0.29, 0.717) is 24.9 Å². The minimum atomic E-state index is -4.48. The number of hydrogen-bond acceptors (Lipinski definition) is 5. The number of imide groups is 1. The van der Waals surface area contributed by atoms with E-state index < -0.39 is 22.9 Å². The molecule has 4 rings (SSSR count). The molecule has 6 nitrogen and oxygen atoms in total. The Hall–Kier alpha value is -3.01. The van der Waals surface area contributed by atoms with Gasteiger partial charge in [-0.1, -0.05) is 12.1 Å². The summed E-state index contributed by atoms with van der Waals surface area (Å²) in [6, 6.07) is 7.69. The molecule has 3 amide bonds. The molecule has 0 saturated carbocycles. The second kappa shape index (κ2) is 8.26. The first-order valence-corrected chi connectivity index (χ1v) is 10.3. The van der Waals surface area contributed by atoms with Gasteiger partial charge in [-0.25, -0.2) is 0 Å². The molecule has 2 saturated heterocycles. The summed E-state index contributed by atoms with van der Waals surface area (Å²) < 4.78 is 44.3. The highest BCUT2D eigenvalue weighted by Crippen LogP contribution is 2.35. The van der Waals surface area contributed by atoms with Gasteiger partial charge in [0.25, 0.3) is 11.1 Å². The molecule has 2 fully saturated rings. The van der Waals surface area contributed by atoms with Gasteiger partial charge in [0.15, 0.2) is 0 Å². The van der Waals surface area contributed by atoms with E-state index in [4.69, 9.17) is 4.42 Å². The average Bonchev–Trinajstić information content (AvgIpc) is 3.46. The van der Waals surface area contributed by atoms with Gasteiger partial charge < -0.3 is 9.32 Å². The van der Waals surface area contributed by atoms with Gasteiger partial charge in [-0.3, -0.25) is 19.3 Å². The van der Waals surface area contributed by atoms with Gasteiger partial charge in [0.05, 0.1) is 10.5 Å². The van der Waals surface area contributed by atoms with Crippen LogP contribution in [0.1, 0.15) is 24.2 Å². The van der Waals surface area contributed by atoms with Gasteiger partial charge in [0.2, 0.25) is 5.91 Å². The van der Waals surface area contributed by atoms with Crippen molar-refractivity contribution >= 4 is 34.9 Å². The second-order valence-corrected chi connectivity index (χ2v) is 8.13. The van der Waals surface area contributed by atoms with Crippen LogP contribution in [0.5, 0.6) is 0 Å². The fourth-order valence-corrected chi connectivity index (χ4v) is 4.22. The van der Waals surface area contributed by atoms with Crippen LogP contribution in [0.3, 0.4) is 0 Å². The normalized spacial score (nSPS) is 18.5. The fourth-order valence-electron chi connectivity index (χ4n) is 3.40. The molecule has 3 heterocycles. The topological polar surface area (TPSA) is 70.8 Å². The quantitative estimate of drug-likeness (QED) is 0.636. The van der Waals surface area contributed by atoms with Crippen molar-refractivity contribution in [3.05, 3.63) is 52.6 Å². The Bertz CT molecular complexity index is 1070. The molecule has 162 valence electrons. The van der Waals surface area contributed by atoms with Crippen molar-refractivity contribution in [2.75, 3.05) is 19.6 Å². The summed E-state index contributed by atoms with van der Waals surface area (Å²) in [5, 5.41) is -0.548. The number of halogens is 3. The van der Waals surface area contributed by atoms with Gasteiger partial charge in [-0.2, -0.15) is 13.2 Å². The van der Waals surface area contributed by atoms with Gasteiger partial charge >= 0.3 is 6.18 Å². The van der Waals surface area contributed by atoms with E-state index in [9.17, 15) is 27.6 Å². The number of rotatable bonds is 4. The number of furan rings is 1. The zero-order valence-electron chi connectivity index (χ0n) is 16.1. The third kappa shape index (κ3) is 4.53. The average molecular weight is 450 g/mol. The number of benzene rings is 1. The molecule has 0 spiro atoms. The van der Waals surface area contributed by atoms with E-state index >= 15 is 0 Å². The zero-order chi connectivity index (χ0) is 22.2. The summed E-state index contributed by atoms with van der Waals surface area (Å²) in [7, 11) is 0. The van der Waals surface area contributed by atoms with E-state index in [2.05, 4.69) is 0 Å². The lowest BCUT2D eigenvalue weighted by molar-refractivity contribution is -0.137. The van der Waals surface area contributed by atoms with E-state index in [1.807, 2.05) is 0 Å². The first-order chi connectivity index (χ1) is 14.7. The number of carbonyl (C=O) groups excluding carboxylic acids is 3. The molecular weight excluding hydrogens is 433 g/mol. The highest BCUT2D eigenvalue weighted by molar-refractivity contribution is 8.18. The van der Waals surface area contributed by atoms with Crippen LogP contribution >= 0.6 is 11.8 Å². The molecule has 2 aromatic rings. The summed E-state index contributed by atoms with van der Waals surface area (Å²) in [6.07, 6.45) is -1.32. The summed E-state index contributed by atoms with van der Waals surface area (Å²) in [4.78, 5) is 39.7. The van der Waals surface area contributed by atoms with Crippen molar-refractivity contribution in [2.24, 2.45) is 0 Å². The summed E-state index contributed by atoms with van der Waals surface area (Å²) >= 11 is 0.691. The lowest BCUT2D eigenvalue weighted by Crippen LogP contribution is -2.40.